The molecule has 1 N–H and O–H groups in total. The van der Waals surface area contributed by atoms with E-state index >= 15 is 0 Å². The Bertz CT molecular complexity index is 1230. The second kappa shape index (κ2) is 7.72. The Labute approximate surface area is 168 Å². The van der Waals surface area contributed by atoms with E-state index in [-0.39, 0.29) is 11.7 Å². The maximum Gasteiger partial charge on any atom is 0.243 e. The molecule has 0 fully saturated rings. The van der Waals surface area contributed by atoms with Crippen molar-refractivity contribution in [2.24, 2.45) is 7.05 Å². The molecule has 144 valence electrons. The number of carbonyl (C=O) groups is 1. The van der Waals surface area contributed by atoms with Crippen LogP contribution in [0.25, 0.3) is 33.3 Å². The van der Waals surface area contributed by atoms with Crippen molar-refractivity contribution < 1.29 is 9.18 Å². The van der Waals surface area contributed by atoms with Gasteiger partial charge < -0.3 is 5.32 Å². The van der Waals surface area contributed by atoms with E-state index in [1.165, 1.54) is 18.2 Å². The van der Waals surface area contributed by atoms with Crippen LogP contribution in [0.5, 0.6) is 0 Å². The van der Waals surface area contributed by atoms with Crippen LogP contribution in [-0.4, -0.2) is 15.7 Å². The molecule has 1 aromatic heterocycles. The molecule has 0 aliphatic carbocycles. The minimum Gasteiger partial charge on any atom is -0.348 e. The first kappa shape index (κ1) is 18.6. The lowest BCUT2D eigenvalue weighted by Gasteiger charge is -2.07. The van der Waals surface area contributed by atoms with Gasteiger partial charge in [0.1, 0.15) is 5.82 Å². The predicted molar refractivity (Wildman–Crippen MR) is 114 cm³/mol. The first-order valence-corrected chi connectivity index (χ1v) is 9.27. The number of carbonyl (C=O) groups excluding carboxylic acids is 1. The van der Waals surface area contributed by atoms with E-state index in [2.05, 4.69) is 17.0 Å². The standard InChI is InChI=1S/C24H20FN3O/c1-3-23(29)26-15-16-6-4-8-19(12-16)24-21-11-10-18(14-22(21)27-28(24)2)17-7-5-9-20(25)13-17/h3-14H,1,15H2,2H3,(H,26,29). The van der Waals surface area contributed by atoms with Crippen LogP contribution in [0.3, 0.4) is 0 Å². The first-order chi connectivity index (χ1) is 14.0. The summed E-state index contributed by atoms with van der Waals surface area (Å²) in [5.74, 6) is -0.462. The van der Waals surface area contributed by atoms with E-state index in [1.807, 2.05) is 60.3 Å². The van der Waals surface area contributed by atoms with Crippen molar-refractivity contribution in [3.8, 4) is 22.4 Å². The lowest BCUT2D eigenvalue weighted by atomic mass is 10.0. The lowest BCUT2D eigenvalue weighted by molar-refractivity contribution is -0.116. The monoisotopic (exact) mass is 385 g/mol. The summed E-state index contributed by atoms with van der Waals surface area (Å²) in [6.07, 6.45) is 1.26. The van der Waals surface area contributed by atoms with Crippen molar-refractivity contribution in [2.75, 3.05) is 0 Å². The van der Waals surface area contributed by atoms with Gasteiger partial charge in [0.2, 0.25) is 5.91 Å². The van der Waals surface area contributed by atoms with E-state index in [4.69, 9.17) is 0 Å². The molecule has 0 saturated carbocycles. The fourth-order valence-electron chi connectivity index (χ4n) is 3.48. The summed E-state index contributed by atoms with van der Waals surface area (Å²) in [5.41, 5.74) is 5.57. The molecule has 0 radical (unpaired) electrons. The van der Waals surface area contributed by atoms with Crippen molar-refractivity contribution >= 4 is 16.8 Å². The number of fused-ring (bicyclic) bond motifs is 1. The zero-order valence-corrected chi connectivity index (χ0v) is 16.0. The van der Waals surface area contributed by atoms with Gasteiger partial charge >= 0.3 is 0 Å². The molecule has 0 spiro atoms. The summed E-state index contributed by atoms with van der Waals surface area (Å²) in [6.45, 7) is 3.89. The summed E-state index contributed by atoms with van der Waals surface area (Å²) in [5, 5.41) is 8.46. The van der Waals surface area contributed by atoms with E-state index in [0.29, 0.717) is 6.54 Å². The normalized spacial score (nSPS) is 10.8. The van der Waals surface area contributed by atoms with Crippen LogP contribution in [0.4, 0.5) is 4.39 Å². The van der Waals surface area contributed by atoms with Gasteiger partial charge in [-0.15, -0.1) is 0 Å². The van der Waals surface area contributed by atoms with Gasteiger partial charge in [-0.3, -0.25) is 9.48 Å². The average molecular weight is 385 g/mol. The summed E-state index contributed by atoms with van der Waals surface area (Å²) < 4.78 is 15.4. The maximum atomic E-state index is 13.6. The SMILES string of the molecule is C=CC(=O)NCc1cccc(-c2c3ccc(-c4cccc(F)c4)cc3nn2C)c1. The van der Waals surface area contributed by atoms with Crippen LogP contribution >= 0.6 is 0 Å². The number of aromatic nitrogens is 2. The molecule has 5 heteroatoms. The van der Waals surface area contributed by atoms with E-state index in [1.54, 1.807) is 6.07 Å². The van der Waals surface area contributed by atoms with Crippen molar-refractivity contribution in [2.45, 2.75) is 6.54 Å². The van der Waals surface area contributed by atoms with E-state index in [0.717, 1.165) is 38.9 Å². The molecular formula is C24H20FN3O. The summed E-state index contributed by atoms with van der Waals surface area (Å²) in [4.78, 5) is 11.4. The highest BCUT2D eigenvalue weighted by Crippen LogP contribution is 2.32. The number of benzene rings is 3. The van der Waals surface area contributed by atoms with Gasteiger partial charge in [0.05, 0.1) is 11.2 Å². The van der Waals surface area contributed by atoms with Gasteiger partial charge in [0, 0.05) is 24.5 Å². The third-order valence-electron chi connectivity index (χ3n) is 4.84. The van der Waals surface area contributed by atoms with Crippen LogP contribution in [0.1, 0.15) is 5.56 Å². The molecule has 1 heterocycles. The Morgan fingerprint density at radius 3 is 2.62 bits per heavy atom. The summed E-state index contributed by atoms with van der Waals surface area (Å²) >= 11 is 0. The molecule has 0 saturated heterocycles. The minimum atomic E-state index is -0.260. The van der Waals surface area contributed by atoms with Crippen LogP contribution in [0, 0.1) is 5.82 Å². The largest absolute Gasteiger partial charge is 0.348 e. The molecule has 4 nitrogen and oxygen atoms in total. The second-order valence-electron chi connectivity index (χ2n) is 6.84. The summed E-state index contributed by atoms with van der Waals surface area (Å²) in [7, 11) is 1.91. The van der Waals surface area contributed by atoms with Crippen LogP contribution in [-0.2, 0) is 18.4 Å². The Kier molecular flexibility index (Phi) is 4.96. The van der Waals surface area contributed by atoms with Gasteiger partial charge in [-0.2, -0.15) is 5.10 Å². The molecule has 0 unspecified atom stereocenters. The average Bonchev–Trinajstić information content (AvgIpc) is 3.07. The highest BCUT2D eigenvalue weighted by atomic mass is 19.1. The molecular weight excluding hydrogens is 365 g/mol. The van der Waals surface area contributed by atoms with Crippen molar-refractivity contribution in [1.82, 2.24) is 15.1 Å². The lowest BCUT2D eigenvalue weighted by Crippen LogP contribution is -2.19. The molecule has 4 aromatic rings. The molecule has 0 atom stereocenters. The quantitative estimate of drug-likeness (QED) is 0.499. The Morgan fingerprint density at radius 2 is 1.83 bits per heavy atom. The van der Waals surface area contributed by atoms with Crippen molar-refractivity contribution in [3.63, 3.8) is 0 Å². The number of hydrogen-bond acceptors (Lipinski definition) is 2. The zero-order chi connectivity index (χ0) is 20.4. The predicted octanol–water partition coefficient (Wildman–Crippen LogP) is 4.85. The fourth-order valence-corrected chi connectivity index (χ4v) is 3.48. The highest BCUT2D eigenvalue weighted by Gasteiger charge is 2.13. The zero-order valence-electron chi connectivity index (χ0n) is 16.0. The Morgan fingerprint density at radius 1 is 1.07 bits per heavy atom. The van der Waals surface area contributed by atoms with Crippen LogP contribution in [0.15, 0.2) is 79.4 Å². The first-order valence-electron chi connectivity index (χ1n) is 9.27. The maximum absolute atomic E-state index is 13.6. The number of amides is 1. The Hall–Kier alpha value is -3.73. The third kappa shape index (κ3) is 3.80. The molecule has 29 heavy (non-hydrogen) atoms. The smallest absolute Gasteiger partial charge is 0.243 e. The fraction of sp³-hybridized carbons (Fsp3) is 0.0833. The molecule has 0 aliphatic rings. The van der Waals surface area contributed by atoms with Crippen molar-refractivity contribution in [1.29, 1.82) is 0 Å². The highest BCUT2D eigenvalue weighted by molar-refractivity contribution is 5.95. The molecule has 1 amide bonds. The van der Waals surface area contributed by atoms with Crippen LogP contribution < -0.4 is 5.32 Å². The third-order valence-corrected chi connectivity index (χ3v) is 4.84. The van der Waals surface area contributed by atoms with Crippen molar-refractivity contribution in [3.05, 3.63) is 90.8 Å². The molecule has 3 aromatic carbocycles. The number of nitrogens with zero attached hydrogens (tertiary/aromatic N) is 2. The van der Waals surface area contributed by atoms with Crippen LogP contribution in [0.2, 0.25) is 0 Å². The Balaban J connectivity index is 1.72. The number of rotatable bonds is 5. The second-order valence-corrected chi connectivity index (χ2v) is 6.84. The number of aryl methyl sites for hydroxylation is 1. The van der Waals surface area contributed by atoms with Gasteiger partial charge in [-0.25, -0.2) is 4.39 Å². The van der Waals surface area contributed by atoms with Gasteiger partial charge in [0.15, 0.2) is 0 Å². The topological polar surface area (TPSA) is 46.9 Å². The number of hydrogen-bond donors (Lipinski definition) is 1. The van der Waals surface area contributed by atoms with E-state index in [9.17, 15) is 9.18 Å². The van der Waals surface area contributed by atoms with Gasteiger partial charge in [-0.05, 0) is 53.1 Å². The number of nitrogens with one attached hydrogen (secondary N) is 1. The summed E-state index contributed by atoms with van der Waals surface area (Å²) in [6, 6.07) is 20.5. The van der Waals surface area contributed by atoms with Gasteiger partial charge in [-0.1, -0.05) is 43.0 Å². The number of halogens is 1. The van der Waals surface area contributed by atoms with Gasteiger partial charge in [0.25, 0.3) is 0 Å². The molecule has 0 bridgehead atoms. The molecule has 4 rings (SSSR count). The molecule has 0 aliphatic heterocycles. The minimum absolute atomic E-state index is 0.203. The van der Waals surface area contributed by atoms with E-state index < -0.39 is 0 Å².